The number of ether oxygens (including phenoxy) is 6. The molecule has 2 aromatic carbocycles. The zero-order chi connectivity index (χ0) is 21.0. The van der Waals surface area contributed by atoms with Gasteiger partial charge in [0.15, 0.2) is 29.1 Å². The van der Waals surface area contributed by atoms with Gasteiger partial charge in [-0.25, -0.2) is 4.79 Å². The minimum atomic E-state index is -0.587. The van der Waals surface area contributed by atoms with Gasteiger partial charge in [-0.1, -0.05) is 0 Å². The maximum atomic E-state index is 12.7. The number of hydrogen-bond donors (Lipinski definition) is 0. The number of likely N-dealkylation sites (N-methyl/N-ethyl adjacent to an activating group) is 1. The van der Waals surface area contributed by atoms with E-state index in [1.54, 1.807) is 33.5 Å². The van der Waals surface area contributed by atoms with Crippen LogP contribution in [0.25, 0.3) is 0 Å². The Morgan fingerprint density at radius 3 is 2.57 bits per heavy atom. The molecule has 2 atom stereocenters. The molecule has 0 amide bonds. The van der Waals surface area contributed by atoms with Gasteiger partial charge < -0.3 is 28.4 Å². The lowest BCUT2D eigenvalue weighted by atomic mass is 9.85. The minimum Gasteiger partial charge on any atom is -0.493 e. The van der Waals surface area contributed by atoms with Crippen molar-refractivity contribution in [2.24, 2.45) is 0 Å². The number of hydrogen-bond acceptors (Lipinski definition) is 8. The van der Waals surface area contributed by atoms with Crippen LogP contribution in [0.3, 0.4) is 0 Å². The van der Waals surface area contributed by atoms with E-state index in [1.165, 1.54) is 0 Å². The summed E-state index contributed by atoms with van der Waals surface area (Å²) < 4.78 is 34.1. The fourth-order valence-corrected chi connectivity index (χ4v) is 4.72. The summed E-state index contributed by atoms with van der Waals surface area (Å²) in [5.74, 6) is 2.55. The number of carbonyl (C=O) groups is 1. The summed E-state index contributed by atoms with van der Waals surface area (Å²) in [6.07, 6.45) is 0.230. The van der Waals surface area contributed by atoms with Crippen molar-refractivity contribution in [3.63, 3.8) is 0 Å². The van der Waals surface area contributed by atoms with Crippen molar-refractivity contribution in [1.29, 1.82) is 0 Å². The van der Waals surface area contributed by atoms with Gasteiger partial charge in [-0.2, -0.15) is 0 Å². The smallest absolute Gasteiger partial charge is 0.339 e. The lowest BCUT2D eigenvalue weighted by Crippen LogP contribution is -2.36. The highest BCUT2D eigenvalue weighted by atomic mass is 16.7. The summed E-state index contributed by atoms with van der Waals surface area (Å²) in [5.41, 5.74) is 3.20. The number of carbonyl (C=O) groups excluding carboxylic acids is 1. The number of cyclic esters (lactones) is 1. The molecule has 30 heavy (non-hydrogen) atoms. The Kier molecular flexibility index (Phi) is 4.39. The number of fused-ring (bicyclic) bond motifs is 3. The van der Waals surface area contributed by atoms with Crippen LogP contribution in [-0.2, 0) is 11.2 Å². The maximum absolute atomic E-state index is 12.7. The molecule has 0 unspecified atom stereocenters. The first-order valence-corrected chi connectivity index (χ1v) is 9.74. The zero-order valence-electron chi connectivity index (χ0n) is 17.3. The first-order chi connectivity index (χ1) is 14.6. The van der Waals surface area contributed by atoms with Crippen molar-refractivity contribution in [2.75, 3.05) is 41.7 Å². The van der Waals surface area contributed by atoms with Crippen molar-refractivity contribution >= 4 is 5.97 Å². The molecule has 0 N–H and O–H groups in total. The third kappa shape index (κ3) is 2.53. The summed E-state index contributed by atoms with van der Waals surface area (Å²) in [6.45, 7) is 0.942. The molecule has 0 bridgehead atoms. The molecule has 0 saturated heterocycles. The standard InChI is InChI=1S/C22H23NO7/c1-23-8-7-11-9-14-19(29-10-28-14)21(27-4)15(11)17(23)20-16-12(22(24)30-20)5-6-13(25-2)18(16)26-3/h5-6,9,17,20H,7-8,10H2,1-4H3/t17-,20-/m0/s1. The van der Waals surface area contributed by atoms with Crippen LogP contribution in [-0.4, -0.2) is 52.6 Å². The Hall–Kier alpha value is -3.13. The lowest BCUT2D eigenvalue weighted by Gasteiger charge is -2.38. The summed E-state index contributed by atoms with van der Waals surface area (Å²) in [5, 5.41) is 0. The molecule has 0 fully saturated rings. The second kappa shape index (κ2) is 6.98. The van der Waals surface area contributed by atoms with Crippen LogP contribution in [0.2, 0.25) is 0 Å². The molecule has 0 saturated carbocycles. The molecule has 5 rings (SSSR count). The number of rotatable bonds is 4. The molecular weight excluding hydrogens is 390 g/mol. The highest BCUT2D eigenvalue weighted by Gasteiger charge is 2.46. The number of esters is 1. The van der Waals surface area contributed by atoms with Gasteiger partial charge in [-0.3, -0.25) is 4.90 Å². The Bertz CT molecular complexity index is 1030. The second-order valence-corrected chi connectivity index (χ2v) is 7.48. The monoisotopic (exact) mass is 413 g/mol. The van der Waals surface area contributed by atoms with E-state index in [0.717, 1.165) is 24.1 Å². The normalized spacial score (nSPS) is 21.7. The van der Waals surface area contributed by atoms with Gasteiger partial charge in [0.25, 0.3) is 0 Å². The molecule has 2 aromatic rings. The number of nitrogens with zero attached hydrogens (tertiary/aromatic N) is 1. The Morgan fingerprint density at radius 1 is 1.03 bits per heavy atom. The molecule has 158 valence electrons. The topological polar surface area (TPSA) is 75.7 Å². The average Bonchev–Trinajstić information content (AvgIpc) is 3.35. The van der Waals surface area contributed by atoms with Crippen molar-refractivity contribution in [3.05, 3.63) is 40.5 Å². The van der Waals surface area contributed by atoms with Gasteiger partial charge in [0.1, 0.15) is 0 Å². The van der Waals surface area contributed by atoms with E-state index in [-0.39, 0.29) is 18.8 Å². The molecule has 3 aliphatic heterocycles. The van der Waals surface area contributed by atoms with E-state index in [0.29, 0.717) is 39.9 Å². The summed E-state index contributed by atoms with van der Waals surface area (Å²) in [6, 6.07) is 5.16. The first kappa shape index (κ1) is 18.9. The van der Waals surface area contributed by atoms with Gasteiger partial charge in [-0.15, -0.1) is 0 Å². The quantitative estimate of drug-likeness (QED) is 0.709. The van der Waals surface area contributed by atoms with E-state index in [1.807, 2.05) is 13.1 Å². The maximum Gasteiger partial charge on any atom is 0.339 e. The summed E-state index contributed by atoms with van der Waals surface area (Å²) >= 11 is 0. The Morgan fingerprint density at radius 2 is 1.83 bits per heavy atom. The van der Waals surface area contributed by atoms with Crippen LogP contribution in [0.1, 0.15) is 39.2 Å². The first-order valence-electron chi connectivity index (χ1n) is 9.74. The fraction of sp³-hybridized carbons (Fsp3) is 0.409. The molecule has 0 aromatic heterocycles. The van der Waals surface area contributed by atoms with Crippen LogP contribution in [0, 0.1) is 0 Å². The minimum absolute atomic E-state index is 0.154. The van der Waals surface area contributed by atoms with Gasteiger partial charge in [0.05, 0.1) is 38.5 Å². The van der Waals surface area contributed by atoms with Crippen molar-refractivity contribution in [3.8, 4) is 28.7 Å². The third-order valence-corrected chi connectivity index (χ3v) is 6.06. The van der Waals surface area contributed by atoms with E-state index in [9.17, 15) is 4.79 Å². The molecule has 3 aliphatic rings. The average molecular weight is 413 g/mol. The fourth-order valence-electron chi connectivity index (χ4n) is 4.72. The van der Waals surface area contributed by atoms with E-state index >= 15 is 0 Å². The molecule has 3 heterocycles. The van der Waals surface area contributed by atoms with Crippen LogP contribution < -0.4 is 23.7 Å². The van der Waals surface area contributed by atoms with Crippen LogP contribution in [0.15, 0.2) is 18.2 Å². The van der Waals surface area contributed by atoms with E-state index in [2.05, 4.69) is 4.90 Å². The molecule has 8 nitrogen and oxygen atoms in total. The van der Waals surface area contributed by atoms with Crippen LogP contribution in [0.5, 0.6) is 28.7 Å². The second-order valence-electron chi connectivity index (χ2n) is 7.48. The number of benzene rings is 2. The Labute approximate surface area is 174 Å². The molecular formula is C22H23NO7. The lowest BCUT2D eigenvalue weighted by molar-refractivity contribution is 0.00825. The zero-order valence-corrected chi connectivity index (χ0v) is 17.3. The van der Waals surface area contributed by atoms with Crippen molar-refractivity contribution < 1.29 is 33.2 Å². The van der Waals surface area contributed by atoms with Gasteiger partial charge in [-0.05, 0) is 37.2 Å². The molecule has 0 aliphatic carbocycles. The third-order valence-electron chi connectivity index (χ3n) is 6.06. The van der Waals surface area contributed by atoms with Crippen LogP contribution in [0.4, 0.5) is 0 Å². The Balaban J connectivity index is 1.72. The predicted octanol–water partition coefficient (Wildman–Crippen LogP) is 2.88. The van der Waals surface area contributed by atoms with Crippen molar-refractivity contribution in [1.82, 2.24) is 4.90 Å². The van der Waals surface area contributed by atoms with Gasteiger partial charge in [0.2, 0.25) is 12.5 Å². The molecule has 8 heteroatoms. The van der Waals surface area contributed by atoms with Gasteiger partial charge >= 0.3 is 5.97 Å². The van der Waals surface area contributed by atoms with Gasteiger partial charge in [0, 0.05) is 12.1 Å². The predicted molar refractivity (Wildman–Crippen MR) is 106 cm³/mol. The number of methoxy groups -OCH3 is 3. The van der Waals surface area contributed by atoms with Crippen LogP contribution >= 0.6 is 0 Å². The van der Waals surface area contributed by atoms with E-state index in [4.69, 9.17) is 28.4 Å². The summed E-state index contributed by atoms with van der Waals surface area (Å²) in [7, 11) is 6.76. The highest BCUT2D eigenvalue weighted by Crippen LogP contribution is 2.56. The summed E-state index contributed by atoms with van der Waals surface area (Å²) in [4.78, 5) is 14.9. The SMILES string of the molecule is COc1ccc2c(c1OC)[C@@H]([C@@H]1c3c(cc4c(c3OC)OCO4)CCN1C)OC2=O. The van der Waals surface area contributed by atoms with E-state index < -0.39 is 6.10 Å². The highest BCUT2D eigenvalue weighted by molar-refractivity contribution is 5.95. The molecule has 0 radical (unpaired) electrons. The molecule has 0 spiro atoms. The largest absolute Gasteiger partial charge is 0.493 e. The van der Waals surface area contributed by atoms with Crippen molar-refractivity contribution in [2.45, 2.75) is 18.6 Å².